The molecule has 0 aliphatic carbocycles. The largest absolute Gasteiger partial charge is 0.384 e. The first kappa shape index (κ1) is 14.9. The van der Waals surface area contributed by atoms with E-state index < -0.39 is 10.8 Å². The first-order chi connectivity index (χ1) is 9.06. The third-order valence-corrected chi connectivity index (χ3v) is 2.66. The zero-order valence-electron chi connectivity index (χ0n) is 10.9. The molecule has 1 aromatic rings. The molecular formula is C12H18N4O3. The maximum atomic E-state index is 11.9. The molecule has 7 nitrogen and oxygen atoms in total. The van der Waals surface area contributed by atoms with Crippen LogP contribution in [0.15, 0.2) is 12.3 Å². The standard InChI is InChI=1S/C12H18N4O3/c1-2-3-4-5-6-14-12(17)9-7-11(13)15-8-10(9)16(18)19/h7-8H,2-6H2,1H3,(H2,13,15)(H,14,17). The molecule has 0 radical (unpaired) electrons. The molecule has 0 saturated carbocycles. The zero-order valence-corrected chi connectivity index (χ0v) is 10.9. The van der Waals surface area contributed by atoms with E-state index in [0.29, 0.717) is 6.54 Å². The number of nitrogen functional groups attached to an aromatic ring is 1. The highest BCUT2D eigenvalue weighted by molar-refractivity contribution is 5.98. The molecule has 0 saturated heterocycles. The monoisotopic (exact) mass is 266 g/mol. The van der Waals surface area contributed by atoms with Gasteiger partial charge in [0.2, 0.25) is 0 Å². The van der Waals surface area contributed by atoms with Crippen LogP contribution in [-0.2, 0) is 0 Å². The van der Waals surface area contributed by atoms with E-state index in [0.717, 1.165) is 31.9 Å². The van der Waals surface area contributed by atoms with Crippen LogP contribution in [0.3, 0.4) is 0 Å². The van der Waals surface area contributed by atoms with Gasteiger partial charge in [-0.1, -0.05) is 26.2 Å². The van der Waals surface area contributed by atoms with Gasteiger partial charge in [-0.3, -0.25) is 14.9 Å². The Kier molecular flexibility index (Phi) is 5.72. The van der Waals surface area contributed by atoms with E-state index in [4.69, 9.17) is 5.73 Å². The fourth-order valence-corrected chi connectivity index (χ4v) is 1.64. The van der Waals surface area contributed by atoms with Crippen LogP contribution in [0.2, 0.25) is 0 Å². The van der Waals surface area contributed by atoms with Crippen LogP contribution in [0, 0.1) is 10.1 Å². The van der Waals surface area contributed by atoms with Crippen LogP contribution in [0.4, 0.5) is 11.5 Å². The molecule has 7 heteroatoms. The van der Waals surface area contributed by atoms with Crippen molar-refractivity contribution in [3.63, 3.8) is 0 Å². The number of amides is 1. The van der Waals surface area contributed by atoms with Gasteiger partial charge in [-0.2, -0.15) is 0 Å². The van der Waals surface area contributed by atoms with Crippen molar-refractivity contribution in [2.75, 3.05) is 12.3 Å². The number of rotatable bonds is 7. The van der Waals surface area contributed by atoms with Gasteiger partial charge in [0.25, 0.3) is 11.6 Å². The number of anilines is 1. The summed E-state index contributed by atoms with van der Waals surface area (Å²) in [5.41, 5.74) is 5.06. The number of carbonyl (C=O) groups excluding carboxylic acids is 1. The molecule has 0 aliphatic rings. The summed E-state index contributed by atoms with van der Waals surface area (Å²) in [4.78, 5) is 25.6. The third kappa shape index (κ3) is 4.53. The Morgan fingerprint density at radius 1 is 1.47 bits per heavy atom. The minimum Gasteiger partial charge on any atom is -0.384 e. The number of nitrogens with two attached hydrogens (primary N) is 1. The summed E-state index contributed by atoms with van der Waals surface area (Å²) in [6.45, 7) is 2.60. The molecule has 1 aromatic heterocycles. The van der Waals surface area contributed by atoms with Crippen LogP contribution in [0.25, 0.3) is 0 Å². The van der Waals surface area contributed by atoms with E-state index in [-0.39, 0.29) is 17.1 Å². The molecular weight excluding hydrogens is 248 g/mol. The molecule has 0 aliphatic heterocycles. The van der Waals surface area contributed by atoms with Crippen molar-refractivity contribution in [1.82, 2.24) is 10.3 Å². The van der Waals surface area contributed by atoms with E-state index in [1.165, 1.54) is 6.07 Å². The van der Waals surface area contributed by atoms with Gasteiger partial charge >= 0.3 is 0 Å². The molecule has 1 rings (SSSR count). The number of unbranched alkanes of at least 4 members (excludes halogenated alkanes) is 3. The van der Waals surface area contributed by atoms with E-state index >= 15 is 0 Å². The molecule has 0 atom stereocenters. The van der Waals surface area contributed by atoms with Gasteiger partial charge in [-0.15, -0.1) is 0 Å². The van der Waals surface area contributed by atoms with E-state index in [1.807, 2.05) is 0 Å². The number of nitrogens with zero attached hydrogens (tertiary/aromatic N) is 2. The van der Waals surface area contributed by atoms with Crippen molar-refractivity contribution >= 4 is 17.4 Å². The van der Waals surface area contributed by atoms with Gasteiger partial charge in [0, 0.05) is 6.54 Å². The van der Waals surface area contributed by atoms with Crippen LogP contribution in [-0.4, -0.2) is 22.4 Å². The summed E-state index contributed by atoms with van der Waals surface area (Å²) in [6, 6.07) is 1.22. The van der Waals surface area contributed by atoms with Gasteiger partial charge in [-0.25, -0.2) is 4.98 Å². The second kappa shape index (κ2) is 7.30. The number of pyridine rings is 1. The topological polar surface area (TPSA) is 111 Å². The number of carbonyl (C=O) groups is 1. The van der Waals surface area contributed by atoms with E-state index in [9.17, 15) is 14.9 Å². The van der Waals surface area contributed by atoms with Gasteiger partial charge < -0.3 is 11.1 Å². The van der Waals surface area contributed by atoms with Gasteiger partial charge in [0.1, 0.15) is 17.6 Å². The SMILES string of the molecule is CCCCCCNC(=O)c1cc(N)ncc1[N+](=O)[O-]. The quantitative estimate of drug-likeness (QED) is 0.444. The summed E-state index contributed by atoms with van der Waals surface area (Å²) in [5.74, 6) is -0.404. The average molecular weight is 266 g/mol. The lowest BCUT2D eigenvalue weighted by Crippen LogP contribution is -2.25. The fraction of sp³-hybridized carbons (Fsp3) is 0.500. The van der Waals surface area contributed by atoms with Crippen LogP contribution < -0.4 is 11.1 Å². The Hall–Kier alpha value is -2.18. The lowest BCUT2D eigenvalue weighted by atomic mass is 10.2. The summed E-state index contributed by atoms with van der Waals surface area (Å²) in [5, 5.41) is 13.5. The Bertz CT molecular complexity index is 462. The summed E-state index contributed by atoms with van der Waals surface area (Å²) < 4.78 is 0. The average Bonchev–Trinajstić information content (AvgIpc) is 2.37. The van der Waals surface area contributed by atoms with Gasteiger partial charge in [-0.05, 0) is 12.5 Å². The molecule has 0 fully saturated rings. The highest BCUT2D eigenvalue weighted by atomic mass is 16.6. The minimum absolute atomic E-state index is 0.0482. The molecule has 0 bridgehead atoms. The maximum Gasteiger partial charge on any atom is 0.300 e. The number of aromatic nitrogens is 1. The lowest BCUT2D eigenvalue weighted by molar-refractivity contribution is -0.385. The molecule has 0 unspecified atom stereocenters. The Balaban J connectivity index is 2.65. The molecule has 1 heterocycles. The van der Waals surface area contributed by atoms with Crippen molar-refractivity contribution in [2.24, 2.45) is 0 Å². The third-order valence-electron chi connectivity index (χ3n) is 2.66. The number of hydrogen-bond donors (Lipinski definition) is 2. The van der Waals surface area contributed by atoms with Crippen molar-refractivity contribution in [3.8, 4) is 0 Å². The second-order valence-corrected chi connectivity index (χ2v) is 4.20. The first-order valence-electron chi connectivity index (χ1n) is 6.24. The van der Waals surface area contributed by atoms with E-state index in [1.54, 1.807) is 0 Å². The van der Waals surface area contributed by atoms with Crippen LogP contribution in [0.5, 0.6) is 0 Å². The summed E-state index contributed by atoms with van der Waals surface area (Å²) in [7, 11) is 0. The van der Waals surface area contributed by atoms with Crippen LogP contribution in [0.1, 0.15) is 43.0 Å². The maximum absolute atomic E-state index is 11.9. The highest BCUT2D eigenvalue weighted by Crippen LogP contribution is 2.18. The van der Waals surface area contributed by atoms with Crippen molar-refractivity contribution in [2.45, 2.75) is 32.6 Å². The van der Waals surface area contributed by atoms with Gasteiger partial charge in [0.05, 0.1) is 4.92 Å². The Morgan fingerprint density at radius 3 is 2.84 bits per heavy atom. The Labute approximate surface area is 111 Å². The molecule has 19 heavy (non-hydrogen) atoms. The Morgan fingerprint density at radius 2 is 2.21 bits per heavy atom. The van der Waals surface area contributed by atoms with Gasteiger partial charge in [0.15, 0.2) is 0 Å². The predicted molar refractivity (Wildman–Crippen MR) is 71.8 cm³/mol. The molecule has 0 aromatic carbocycles. The molecule has 104 valence electrons. The van der Waals surface area contributed by atoms with E-state index in [2.05, 4.69) is 17.2 Å². The normalized spacial score (nSPS) is 10.2. The van der Waals surface area contributed by atoms with Crippen LogP contribution >= 0.6 is 0 Å². The molecule has 1 amide bonds. The summed E-state index contributed by atoms with van der Waals surface area (Å²) >= 11 is 0. The number of nitrogens with one attached hydrogen (secondary N) is 1. The first-order valence-corrected chi connectivity index (χ1v) is 6.24. The van der Waals surface area contributed by atoms with Crippen molar-refractivity contribution in [1.29, 1.82) is 0 Å². The number of nitro groups is 1. The van der Waals surface area contributed by atoms with Crippen molar-refractivity contribution < 1.29 is 9.72 Å². The fourth-order valence-electron chi connectivity index (χ4n) is 1.64. The minimum atomic E-state index is -0.640. The predicted octanol–water partition coefficient (Wildman–Crippen LogP) is 1.88. The number of hydrogen-bond acceptors (Lipinski definition) is 5. The second-order valence-electron chi connectivity index (χ2n) is 4.20. The zero-order chi connectivity index (χ0) is 14.3. The smallest absolute Gasteiger partial charge is 0.300 e. The summed E-state index contributed by atoms with van der Waals surface area (Å²) in [6.07, 6.45) is 5.10. The molecule has 0 spiro atoms. The molecule has 3 N–H and O–H groups in total. The highest BCUT2D eigenvalue weighted by Gasteiger charge is 2.20. The lowest BCUT2D eigenvalue weighted by Gasteiger charge is -2.06. The van der Waals surface area contributed by atoms with Crippen molar-refractivity contribution in [3.05, 3.63) is 27.9 Å².